The number of benzene rings is 1. The van der Waals surface area contributed by atoms with E-state index in [0.29, 0.717) is 11.4 Å². The molecule has 0 atom stereocenters. The topological polar surface area (TPSA) is 68.3 Å². The average Bonchev–Trinajstić information content (AvgIpc) is 2.57. The number of hydrogen-bond donors (Lipinski definition) is 2. The van der Waals surface area contributed by atoms with E-state index >= 15 is 0 Å². The summed E-state index contributed by atoms with van der Waals surface area (Å²) in [6.45, 7) is 4.17. The van der Waals surface area contributed by atoms with Crippen LogP contribution in [0.15, 0.2) is 16.6 Å². The second-order valence-corrected chi connectivity index (χ2v) is 7.22. The highest BCUT2D eigenvalue weighted by Crippen LogP contribution is 2.32. The number of ether oxygens (including phenoxy) is 2. The number of aromatic nitrogens is 2. The molecule has 0 saturated heterocycles. The zero-order valence-corrected chi connectivity index (χ0v) is 18.1. The first-order valence-electron chi connectivity index (χ1n) is 8.00. The Morgan fingerprint density at radius 2 is 1.85 bits per heavy atom. The van der Waals surface area contributed by atoms with E-state index in [4.69, 9.17) is 32.7 Å². The van der Waals surface area contributed by atoms with Crippen molar-refractivity contribution in [2.45, 2.75) is 33.0 Å². The molecule has 2 rings (SSSR count). The Morgan fingerprint density at radius 1 is 1.15 bits per heavy atom. The Kier molecular flexibility index (Phi) is 7.91. The molecule has 0 aliphatic rings. The molecule has 0 saturated carbocycles. The Hall–Kier alpha value is -1.12. The van der Waals surface area contributed by atoms with Crippen molar-refractivity contribution in [1.29, 1.82) is 0 Å². The molecule has 9 heteroatoms. The fourth-order valence-electron chi connectivity index (χ4n) is 2.63. The first-order valence-corrected chi connectivity index (χ1v) is 9.55. The minimum Gasteiger partial charge on any atom is -0.351 e. The first kappa shape index (κ1) is 21.2. The maximum atomic E-state index is 6.23. The lowest BCUT2D eigenvalue weighted by molar-refractivity contribution is -0.105. The highest BCUT2D eigenvalue weighted by atomic mass is 79.9. The monoisotopic (exact) mass is 462 g/mol. The second-order valence-electron chi connectivity index (χ2n) is 5.61. The van der Waals surface area contributed by atoms with E-state index in [1.807, 2.05) is 13.0 Å². The van der Waals surface area contributed by atoms with Crippen molar-refractivity contribution in [3.8, 4) is 0 Å². The molecule has 2 N–H and O–H groups in total. The number of nitrogens with one attached hydrogen (secondary N) is 2. The molecule has 142 valence electrons. The van der Waals surface area contributed by atoms with Gasteiger partial charge in [-0.15, -0.1) is 0 Å². The molecule has 0 unspecified atom stereocenters. The molecule has 2 aromatic rings. The van der Waals surface area contributed by atoms with Crippen LogP contribution in [0.5, 0.6) is 0 Å². The highest BCUT2D eigenvalue weighted by Gasteiger charge is 2.22. The van der Waals surface area contributed by atoms with Crippen LogP contribution in [0, 0.1) is 6.92 Å². The lowest BCUT2D eigenvalue weighted by atomic mass is 10.0. The van der Waals surface area contributed by atoms with Crippen molar-refractivity contribution >= 4 is 50.6 Å². The second kappa shape index (κ2) is 9.71. The van der Waals surface area contributed by atoms with Crippen molar-refractivity contribution in [2.75, 3.05) is 25.1 Å². The zero-order chi connectivity index (χ0) is 19.3. The summed E-state index contributed by atoms with van der Waals surface area (Å²) in [7, 11) is 3.02. The molecule has 0 amide bonds. The van der Waals surface area contributed by atoms with Crippen LogP contribution in [0.3, 0.4) is 0 Å². The van der Waals surface area contributed by atoms with Gasteiger partial charge in [-0.1, -0.05) is 40.9 Å². The van der Waals surface area contributed by atoms with Gasteiger partial charge in [0.05, 0.1) is 11.3 Å². The van der Waals surface area contributed by atoms with Crippen molar-refractivity contribution in [2.24, 2.45) is 0 Å². The summed E-state index contributed by atoms with van der Waals surface area (Å²) in [5.41, 5.74) is 9.98. The molecule has 6 nitrogen and oxygen atoms in total. The molecule has 0 aliphatic heterocycles. The third kappa shape index (κ3) is 4.98. The van der Waals surface area contributed by atoms with Crippen LogP contribution in [0.2, 0.25) is 10.4 Å². The standard InChI is InChI=1S/C17H21BrCl2N4O2/c1-5-6-10-8-11(18)7-9(2)13(10)23-24-15-12(16(25-3)26-4)14(19)21-17(20)22-15/h7-8,16,23H,5-6H2,1-4H3,(H,21,22,24). The van der Waals surface area contributed by atoms with Gasteiger partial charge >= 0.3 is 0 Å². The minimum absolute atomic E-state index is 0.0234. The average molecular weight is 464 g/mol. The Bertz CT molecular complexity index is 773. The smallest absolute Gasteiger partial charge is 0.225 e. The van der Waals surface area contributed by atoms with Gasteiger partial charge < -0.3 is 9.47 Å². The molecule has 0 aliphatic carbocycles. The quantitative estimate of drug-likeness (QED) is 0.232. The Balaban J connectivity index is 2.38. The van der Waals surface area contributed by atoms with Gasteiger partial charge in [0.15, 0.2) is 12.1 Å². The van der Waals surface area contributed by atoms with Gasteiger partial charge in [-0.2, -0.15) is 4.98 Å². The van der Waals surface area contributed by atoms with E-state index in [0.717, 1.165) is 28.6 Å². The molecule has 0 spiro atoms. The van der Waals surface area contributed by atoms with Crippen LogP contribution >= 0.6 is 39.1 Å². The molecule has 0 bridgehead atoms. The van der Waals surface area contributed by atoms with Crippen LogP contribution in [0.25, 0.3) is 0 Å². The van der Waals surface area contributed by atoms with Crippen LogP contribution in [-0.2, 0) is 15.9 Å². The fourth-order valence-corrected chi connectivity index (χ4v) is 3.72. The summed E-state index contributed by atoms with van der Waals surface area (Å²) in [4.78, 5) is 8.18. The third-order valence-electron chi connectivity index (χ3n) is 3.74. The summed E-state index contributed by atoms with van der Waals surface area (Å²) in [5, 5.41) is 0.180. The maximum absolute atomic E-state index is 6.23. The number of hydrogen-bond acceptors (Lipinski definition) is 6. The number of aryl methyl sites for hydroxylation is 2. The summed E-state index contributed by atoms with van der Waals surface area (Å²) in [6, 6.07) is 4.13. The van der Waals surface area contributed by atoms with E-state index < -0.39 is 6.29 Å². The lowest BCUT2D eigenvalue weighted by Crippen LogP contribution is -2.18. The number of halogens is 3. The van der Waals surface area contributed by atoms with Gasteiger partial charge in [0, 0.05) is 18.7 Å². The summed E-state index contributed by atoms with van der Waals surface area (Å²) in [6.07, 6.45) is 1.22. The highest BCUT2D eigenvalue weighted by molar-refractivity contribution is 9.10. The number of rotatable bonds is 8. The maximum Gasteiger partial charge on any atom is 0.225 e. The normalized spacial score (nSPS) is 11.1. The van der Waals surface area contributed by atoms with E-state index in [2.05, 4.69) is 49.7 Å². The summed E-state index contributed by atoms with van der Waals surface area (Å²) in [5.74, 6) is 0.383. The molecule has 26 heavy (non-hydrogen) atoms. The molecule has 1 heterocycles. The SMILES string of the molecule is CCCc1cc(Br)cc(C)c1NNc1nc(Cl)nc(Cl)c1C(OC)OC. The van der Waals surface area contributed by atoms with Crippen molar-refractivity contribution in [1.82, 2.24) is 9.97 Å². The van der Waals surface area contributed by atoms with Crippen molar-refractivity contribution in [3.05, 3.63) is 43.7 Å². The van der Waals surface area contributed by atoms with Gasteiger partial charge in [0.25, 0.3) is 0 Å². The van der Waals surface area contributed by atoms with Crippen LogP contribution in [-0.4, -0.2) is 24.2 Å². The predicted molar refractivity (Wildman–Crippen MR) is 109 cm³/mol. The zero-order valence-electron chi connectivity index (χ0n) is 15.0. The number of methoxy groups -OCH3 is 2. The van der Waals surface area contributed by atoms with Crippen LogP contribution in [0.1, 0.15) is 36.3 Å². The summed E-state index contributed by atoms with van der Waals surface area (Å²) >= 11 is 15.7. The van der Waals surface area contributed by atoms with Crippen LogP contribution in [0.4, 0.5) is 11.5 Å². The molecule has 0 radical (unpaired) electrons. The Morgan fingerprint density at radius 3 is 2.46 bits per heavy atom. The molecule has 0 fully saturated rings. The molecule has 1 aromatic heterocycles. The van der Waals surface area contributed by atoms with E-state index in [-0.39, 0.29) is 10.4 Å². The third-order valence-corrected chi connectivity index (χ3v) is 4.66. The number of nitrogens with zero attached hydrogens (tertiary/aromatic N) is 2. The number of hydrazine groups is 1. The van der Waals surface area contributed by atoms with Crippen molar-refractivity contribution in [3.63, 3.8) is 0 Å². The van der Waals surface area contributed by atoms with Gasteiger partial charge in [-0.25, -0.2) is 4.98 Å². The van der Waals surface area contributed by atoms with Gasteiger partial charge in [-0.05, 0) is 48.2 Å². The molecular weight excluding hydrogens is 443 g/mol. The van der Waals surface area contributed by atoms with Crippen molar-refractivity contribution < 1.29 is 9.47 Å². The van der Waals surface area contributed by atoms with E-state index in [1.165, 1.54) is 19.8 Å². The van der Waals surface area contributed by atoms with Gasteiger partial charge in [0.1, 0.15) is 5.15 Å². The van der Waals surface area contributed by atoms with Gasteiger partial charge in [-0.3, -0.25) is 10.9 Å². The predicted octanol–water partition coefficient (Wildman–Crippen LogP) is 5.54. The number of anilines is 2. The van der Waals surface area contributed by atoms with Crippen LogP contribution < -0.4 is 10.9 Å². The molecular formula is C17H21BrCl2N4O2. The summed E-state index contributed by atoms with van der Waals surface area (Å²) < 4.78 is 11.6. The largest absolute Gasteiger partial charge is 0.351 e. The van der Waals surface area contributed by atoms with Gasteiger partial charge in [0.2, 0.25) is 5.28 Å². The molecule has 1 aromatic carbocycles. The minimum atomic E-state index is -0.731. The Labute approximate surface area is 171 Å². The van der Waals surface area contributed by atoms with E-state index in [1.54, 1.807) is 0 Å². The fraction of sp³-hybridized carbons (Fsp3) is 0.412. The lowest BCUT2D eigenvalue weighted by Gasteiger charge is -2.21. The van der Waals surface area contributed by atoms with E-state index in [9.17, 15) is 0 Å². The first-order chi connectivity index (χ1) is 12.4.